The quantitative estimate of drug-likeness (QED) is 0.838. The van der Waals surface area contributed by atoms with E-state index in [-0.39, 0.29) is 17.9 Å². The van der Waals surface area contributed by atoms with Crippen molar-refractivity contribution in [2.45, 2.75) is 18.9 Å². The highest BCUT2D eigenvalue weighted by Gasteiger charge is 2.30. The van der Waals surface area contributed by atoms with E-state index in [0.717, 1.165) is 31.0 Å². The molecular weight excluding hydrogens is 236 g/mol. The summed E-state index contributed by atoms with van der Waals surface area (Å²) in [6, 6.07) is 6.09. The average molecular weight is 251 g/mol. The lowest BCUT2D eigenvalue weighted by Gasteiger charge is -2.27. The van der Waals surface area contributed by atoms with E-state index in [1.54, 1.807) is 0 Å². The van der Waals surface area contributed by atoms with Crippen molar-refractivity contribution in [2.75, 3.05) is 13.1 Å². The number of halogens is 1. The lowest BCUT2D eigenvalue weighted by Crippen LogP contribution is -2.51. The molecule has 0 bridgehead atoms. The molecule has 1 aliphatic heterocycles. The van der Waals surface area contributed by atoms with Gasteiger partial charge in [0.25, 0.3) is 0 Å². The van der Waals surface area contributed by atoms with Gasteiger partial charge in [0, 0.05) is 18.1 Å². The Morgan fingerprint density at radius 2 is 2.24 bits per heavy atom. The summed E-state index contributed by atoms with van der Waals surface area (Å²) in [7, 11) is 0. The Kier molecular flexibility index (Phi) is 2.81. The van der Waals surface area contributed by atoms with Crippen molar-refractivity contribution in [3.8, 4) is 0 Å². The molecule has 17 heavy (non-hydrogen) atoms. The van der Waals surface area contributed by atoms with Crippen LogP contribution in [0.15, 0.2) is 18.2 Å². The predicted molar refractivity (Wildman–Crippen MR) is 67.0 cm³/mol. The number of benzene rings is 1. The standard InChI is InChI=1S/C13H15ClN2O/c14-11-3-1-2-10-9(11)4-5-12(10)16-13(17)8-6-15-7-8/h1-3,8,12,15H,4-7H2,(H,16,17). The second-order valence-corrected chi connectivity index (χ2v) is 5.17. The van der Waals surface area contributed by atoms with E-state index in [0.29, 0.717) is 0 Å². The van der Waals surface area contributed by atoms with Crippen molar-refractivity contribution in [3.63, 3.8) is 0 Å². The lowest BCUT2D eigenvalue weighted by molar-refractivity contribution is -0.127. The molecule has 1 fully saturated rings. The Morgan fingerprint density at radius 1 is 1.41 bits per heavy atom. The van der Waals surface area contributed by atoms with Gasteiger partial charge in [-0.2, -0.15) is 0 Å². The van der Waals surface area contributed by atoms with Crippen LogP contribution in [0.5, 0.6) is 0 Å². The van der Waals surface area contributed by atoms with E-state index in [1.807, 2.05) is 12.1 Å². The van der Waals surface area contributed by atoms with Crippen LogP contribution in [-0.4, -0.2) is 19.0 Å². The van der Waals surface area contributed by atoms with Crippen molar-refractivity contribution in [1.29, 1.82) is 0 Å². The zero-order chi connectivity index (χ0) is 11.8. The van der Waals surface area contributed by atoms with Gasteiger partial charge in [0.15, 0.2) is 0 Å². The van der Waals surface area contributed by atoms with Crippen molar-refractivity contribution < 1.29 is 4.79 Å². The molecular formula is C13H15ClN2O. The van der Waals surface area contributed by atoms with E-state index < -0.39 is 0 Å². The van der Waals surface area contributed by atoms with Gasteiger partial charge in [-0.3, -0.25) is 4.79 Å². The first kappa shape index (κ1) is 11.1. The molecule has 0 radical (unpaired) electrons. The molecule has 1 aromatic rings. The minimum Gasteiger partial charge on any atom is -0.349 e. The van der Waals surface area contributed by atoms with E-state index in [9.17, 15) is 4.79 Å². The Bertz CT molecular complexity index is 457. The zero-order valence-electron chi connectivity index (χ0n) is 9.50. The molecule has 1 saturated heterocycles. The summed E-state index contributed by atoms with van der Waals surface area (Å²) in [5.41, 5.74) is 2.39. The minimum absolute atomic E-state index is 0.150. The van der Waals surface area contributed by atoms with Gasteiger partial charge < -0.3 is 10.6 Å². The Balaban J connectivity index is 1.75. The number of hydrogen-bond acceptors (Lipinski definition) is 2. The maximum atomic E-state index is 11.9. The number of hydrogen-bond donors (Lipinski definition) is 2. The van der Waals surface area contributed by atoms with Crippen LogP contribution in [0.2, 0.25) is 5.02 Å². The third kappa shape index (κ3) is 1.94. The van der Waals surface area contributed by atoms with E-state index in [1.165, 1.54) is 11.1 Å². The predicted octanol–water partition coefficient (Wildman–Crippen LogP) is 1.66. The van der Waals surface area contributed by atoms with E-state index in [2.05, 4.69) is 16.7 Å². The van der Waals surface area contributed by atoms with Crippen molar-refractivity contribution >= 4 is 17.5 Å². The van der Waals surface area contributed by atoms with Crippen LogP contribution in [0, 0.1) is 5.92 Å². The minimum atomic E-state index is 0.150. The van der Waals surface area contributed by atoms with Gasteiger partial charge in [-0.15, -0.1) is 0 Å². The maximum absolute atomic E-state index is 11.9. The van der Waals surface area contributed by atoms with Crippen LogP contribution in [0.25, 0.3) is 0 Å². The highest BCUT2D eigenvalue weighted by molar-refractivity contribution is 6.31. The number of fused-ring (bicyclic) bond motifs is 1. The molecule has 1 amide bonds. The van der Waals surface area contributed by atoms with Gasteiger partial charge >= 0.3 is 0 Å². The Hall–Kier alpha value is -1.06. The first-order valence-electron chi connectivity index (χ1n) is 6.04. The molecule has 1 aromatic carbocycles. The number of amides is 1. The van der Waals surface area contributed by atoms with Crippen molar-refractivity contribution in [1.82, 2.24) is 10.6 Å². The average Bonchev–Trinajstić information content (AvgIpc) is 2.60. The number of carbonyl (C=O) groups excluding carboxylic acids is 1. The second kappa shape index (κ2) is 4.31. The smallest absolute Gasteiger partial charge is 0.226 e. The Morgan fingerprint density at radius 3 is 2.94 bits per heavy atom. The first-order chi connectivity index (χ1) is 8.25. The molecule has 0 spiro atoms. The molecule has 1 unspecified atom stereocenters. The first-order valence-corrected chi connectivity index (χ1v) is 6.42. The summed E-state index contributed by atoms with van der Waals surface area (Å²) >= 11 is 6.15. The largest absolute Gasteiger partial charge is 0.349 e. The summed E-state index contributed by atoms with van der Waals surface area (Å²) in [5.74, 6) is 0.319. The third-order valence-electron chi connectivity index (χ3n) is 3.68. The summed E-state index contributed by atoms with van der Waals surface area (Å²) in [5, 5.41) is 7.06. The summed E-state index contributed by atoms with van der Waals surface area (Å²) in [6.45, 7) is 1.61. The monoisotopic (exact) mass is 250 g/mol. The normalized spacial score (nSPS) is 23.0. The fourth-order valence-electron chi connectivity index (χ4n) is 2.52. The van der Waals surface area contributed by atoms with Crippen molar-refractivity contribution in [3.05, 3.63) is 34.3 Å². The van der Waals surface area contributed by atoms with Crippen molar-refractivity contribution in [2.24, 2.45) is 5.92 Å². The number of carbonyl (C=O) groups is 1. The maximum Gasteiger partial charge on any atom is 0.226 e. The molecule has 3 nitrogen and oxygen atoms in total. The summed E-state index contributed by atoms with van der Waals surface area (Å²) in [6.07, 6.45) is 1.92. The second-order valence-electron chi connectivity index (χ2n) is 4.76. The SMILES string of the molecule is O=C(NC1CCc2c(Cl)cccc21)C1CNC1. The molecule has 2 N–H and O–H groups in total. The van der Waals surface area contributed by atoms with E-state index in [4.69, 9.17) is 11.6 Å². The molecule has 1 heterocycles. The van der Waals surface area contributed by atoms with Crippen LogP contribution in [0.3, 0.4) is 0 Å². The molecule has 2 aliphatic rings. The molecule has 90 valence electrons. The highest BCUT2D eigenvalue weighted by Crippen LogP contribution is 2.35. The van der Waals surface area contributed by atoms with Crippen LogP contribution in [0.1, 0.15) is 23.6 Å². The summed E-state index contributed by atoms with van der Waals surface area (Å²) in [4.78, 5) is 11.9. The van der Waals surface area contributed by atoms with Gasteiger partial charge in [-0.05, 0) is 30.0 Å². The fourth-order valence-corrected chi connectivity index (χ4v) is 2.80. The van der Waals surface area contributed by atoms with Gasteiger partial charge in [-0.25, -0.2) is 0 Å². The van der Waals surface area contributed by atoms with Crippen LogP contribution in [-0.2, 0) is 11.2 Å². The lowest BCUT2D eigenvalue weighted by atomic mass is 10.0. The fraction of sp³-hybridized carbons (Fsp3) is 0.462. The van der Waals surface area contributed by atoms with E-state index >= 15 is 0 Å². The van der Waals surface area contributed by atoms with Gasteiger partial charge in [0.2, 0.25) is 5.91 Å². The van der Waals surface area contributed by atoms with Crippen LogP contribution >= 0.6 is 11.6 Å². The highest BCUT2D eigenvalue weighted by atomic mass is 35.5. The van der Waals surface area contributed by atoms with Crippen LogP contribution in [0.4, 0.5) is 0 Å². The number of rotatable bonds is 2. The van der Waals surface area contributed by atoms with Gasteiger partial charge in [-0.1, -0.05) is 23.7 Å². The molecule has 0 aromatic heterocycles. The number of nitrogens with one attached hydrogen (secondary N) is 2. The van der Waals surface area contributed by atoms with Gasteiger partial charge in [0.1, 0.15) is 0 Å². The molecule has 3 rings (SSSR count). The topological polar surface area (TPSA) is 41.1 Å². The molecule has 1 aliphatic carbocycles. The van der Waals surface area contributed by atoms with Crippen LogP contribution < -0.4 is 10.6 Å². The molecule has 0 saturated carbocycles. The molecule has 4 heteroatoms. The van der Waals surface area contributed by atoms with Gasteiger partial charge in [0.05, 0.1) is 12.0 Å². The summed E-state index contributed by atoms with van der Waals surface area (Å²) < 4.78 is 0. The molecule has 1 atom stereocenters. The zero-order valence-corrected chi connectivity index (χ0v) is 10.3. The Labute approximate surface area is 106 Å². The third-order valence-corrected chi connectivity index (χ3v) is 4.04.